The second-order valence-corrected chi connectivity index (χ2v) is 7.61. The van der Waals surface area contributed by atoms with Gasteiger partial charge in [-0.05, 0) is 31.5 Å². The summed E-state index contributed by atoms with van der Waals surface area (Å²) in [6.07, 6.45) is 3.62. The Labute approximate surface area is 133 Å². The highest BCUT2D eigenvalue weighted by Gasteiger charge is 2.23. The Morgan fingerprint density at radius 3 is 2.50 bits per heavy atom. The molecule has 1 aromatic carbocycles. The van der Waals surface area contributed by atoms with Crippen LogP contribution >= 0.6 is 0 Å². The summed E-state index contributed by atoms with van der Waals surface area (Å²) in [5, 5.41) is 0. The maximum atomic E-state index is 12.0. The van der Waals surface area contributed by atoms with E-state index in [9.17, 15) is 8.42 Å². The number of rotatable bonds is 8. The minimum atomic E-state index is -3.29. The highest BCUT2D eigenvalue weighted by molar-refractivity contribution is 7.89. The predicted molar refractivity (Wildman–Crippen MR) is 88.3 cm³/mol. The standard InChI is InChI=1S/C16H26N2O3S/c1-21-12-13-22(19,20)17-14-16(15-8-4-2-5-9-15)18-10-6-3-7-11-18/h2,4-5,8-9,16-17H,3,6-7,10-14H2,1H3. The summed E-state index contributed by atoms with van der Waals surface area (Å²) in [7, 11) is -1.78. The molecular formula is C16H26N2O3S. The first-order valence-electron chi connectivity index (χ1n) is 7.87. The van der Waals surface area contributed by atoms with Crippen molar-refractivity contribution in [2.24, 2.45) is 0 Å². The number of ether oxygens (including phenoxy) is 1. The molecule has 1 fully saturated rings. The Balaban J connectivity index is 2.05. The van der Waals surface area contributed by atoms with E-state index in [1.807, 2.05) is 18.2 Å². The molecule has 6 heteroatoms. The molecule has 22 heavy (non-hydrogen) atoms. The number of nitrogens with one attached hydrogen (secondary N) is 1. The smallest absolute Gasteiger partial charge is 0.213 e. The number of hydrogen-bond acceptors (Lipinski definition) is 4. The fourth-order valence-electron chi connectivity index (χ4n) is 2.83. The summed E-state index contributed by atoms with van der Waals surface area (Å²) in [5.74, 6) is 0.00497. The number of sulfonamides is 1. The second kappa shape index (κ2) is 8.62. The molecule has 1 unspecified atom stereocenters. The third-order valence-electron chi connectivity index (χ3n) is 4.07. The summed E-state index contributed by atoms with van der Waals surface area (Å²) < 4.78 is 31.6. The van der Waals surface area contributed by atoms with Crippen molar-refractivity contribution in [2.75, 3.05) is 39.1 Å². The third-order valence-corrected chi connectivity index (χ3v) is 5.38. The number of methoxy groups -OCH3 is 1. The number of hydrogen-bond donors (Lipinski definition) is 1. The highest BCUT2D eigenvalue weighted by atomic mass is 32.2. The summed E-state index contributed by atoms with van der Waals surface area (Å²) in [4.78, 5) is 2.39. The zero-order valence-corrected chi connectivity index (χ0v) is 14.0. The quantitative estimate of drug-likeness (QED) is 0.791. The molecule has 0 bridgehead atoms. The van der Waals surface area contributed by atoms with Crippen molar-refractivity contribution < 1.29 is 13.2 Å². The van der Waals surface area contributed by atoms with E-state index in [1.54, 1.807) is 0 Å². The van der Waals surface area contributed by atoms with Crippen LogP contribution in [0, 0.1) is 0 Å². The van der Waals surface area contributed by atoms with Gasteiger partial charge in [-0.25, -0.2) is 13.1 Å². The maximum absolute atomic E-state index is 12.0. The molecule has 124 valence electrons. The molecule has 0 saturated carbocycles. The van der Waals surface area contributed by atoms with Crippen LogP contribution in [0.1, 0.15) is 30.9 Å². The van der Waals surface area contributed by atoms with Crippen molar-refractivity contribution in [3.05, 3.63) is 35.9 Å². The van der Waals surface area contributed by atoms with Crippen LogP contribution in [-0.4, -0.2) is 52.4 Å². The molecule has 0 amide bonds. The van der Waals surface area contributed by atoms with Gasteiger partial charge in [0.2, 0.25) is 10.0 Å². The van der Waals surface area contributed by atoms with E-state index < -0.39 is 10.0 Å². The van der Waals surface area contributed by atoms with Crippen LogP contribution in [0.3, 0.4) is 0 Å². The summed E-state index contributed by atoms with van der Waals surface area (Å²) in [6.45, 7) is 2.68. The minimum Gasteiger partial charge on any atom is -0.384 e. The average Bonchev–Trinajstić information content (AvgIpc) is 2.55. The lowest BCUT2D eigenvalue weighted by Crippen LogP contribution is -2.41. The van der Waals surface area contributed by atoms with E-state index in [-0.39, 0.29) is 18.4 Å². The van der Waals surface area contributed by atoms with Gasteiger partial charge in [-0.15, -0.1) is 0 Å². The maximum Gasteiger partial charge on any atom is 0.213 e. The molecule has 1 saturated heterocycles. The normalized spacial score (nSPS) is 18.2. The van der Waals surface area contributed by atoms with Gasteiger partial charge in [-0.3, -0.25) is 4.90 Å². The lowest BCUT2D eigenvalue weighted by molar-refractivity contribution is 0.164. The van der Waals surface area contributed by atoms with Gasteiger partial charge in [-0.1, -0.05) is 36.8 Å². The molecule has 1 N–H and O–H groups in total. The summed E-state index contributed by atoms with van der Waals surface area (Å²) in [5.41, 5.74) is 1.17. The predicted octanol–water partition coefficient (Wildman–Crippen LogP) is 1.78. The second-order valence-electron chi connectivity index (χ2n) is 5.68. The molecule has 2 rings (SSSR count). The van der Waals surface area contributed by atoms with Crippen molar-refractivity contribution in [2.45, 2.75) is 25.3 Å². The lowest BCUT2D eigenvalue weighted by Gasteiger charge is -2.35. The molecule has 1 aromatic rings. The zero-order chi connectivity index (χ0) is 15.8. The van der Waals surface area contributed by atoms with E-state index in [2.05, 4.69) is 21.8 Å². The molecule has 0 aromatic heterocycles. The van der Waals surface area contributed by atoms with Crippen molar-refractivity contribution >= 4 is 10.0 Å². The lowest BCUT2D eigenvalue weighted by atomic mass is 10.0. The van der Waals surface area contributed by atoms with Gasteiger partial charge in [0.25, 0.3) is 0 Å². The summed E-state index contributed by atoms with van der Waals surface area (Å²) in [6, 6.07) is 10.2. The van der Waals surface area contributed by atoms with E-state index in [0.29, 0.717) is 6.54 Å². The first-order valence-corrected chi connectivity index (χ1v) is 9.53. The molecule has 5 nitrogen and oxygen atoms in total. The van der Waals surface area contributed by atoms with Gasteiger partial charge >= 0.3 is 0 Å². The van der Waals surface area contributed by atoms with Gasteiger partial charge in [0, 0.05) is 19.7 Å². The topological polar surface area (TPSA) is 58.6 Å². The Morgan fingerprint density at radius 1 is 1.18 bits per heavy atom. The van der Waals surface area contributed by atoms with Crippen molar-refractivity contribution in [1.82, 2.24) is 9.62 Å². The van der Waals surface area contributed by atoms with Gasteiger partial charge in [0.05, 0.1) is 12.4 Å². The zero-order valence-electron chi connectivity index (χ0n) is 13.2. The van der Waals surface area contributed by atoms with Crippen molar-refractivity contribution in [3.63, 3.8) is 0 Å². The van der Waals surface area contributed by atoms with Crippen LogP contribution in [0.5, 0.6) is 0 Å². The monoisotopic (exact) mass is 326 g/mol. The number of likely N-dealkylation sites (tertiary alicyclic amines) is 1. The number of benzene rings is 1. The molecular weight excluding hydrogens is 300 g/mol. The van der Waals surface area contributed by atoms with Crippen molar-refractivity contribution in [1.29, 1.82) is 0 Å². The Morgan fingerprint density at radius 2 is 1.86 bits per heavy atom. The number of piperidine rings is 1. The van der Waals surface area contributed by atoms with Crippen LogP contribution in [0.4, 0.5) is 0 Å². The van der Waals surface area contributed by atoms with Crippen LogP contribution < -0.4 is 4.72 Å². The van der Waals surface area contributed by atoms with Crippen LogP contribution in [0.15, 0.2) is 30.3 Å². The van der Waals surface area contributed by atoms with Crippen LogP contribution in [0.2, 0.25) is 0 Å². The van der Waals surface area contributed by atoms with Crippen molar-refractivity contribution in [3.8, 4) is 0 Å². The van der Waals surface area contributed by atoms with Gasteiger partial charge in [-0.2, -0.15) is 0 Å². The molecule has 1 aliphatic rings. The van der Waals surface area contributed by atoms with E-state index in [1.165, 1.54) is 31.9 Å². The van der Waals surface area contributed by atoms with E-state index >= 15 is 0 Å². The SMILES string of the molecule is COCCS(=O)(=O)NCC(c1ccccc1)N1CCCCC1. The molecule has 1 aliphatic heterocycles. The van der Waals surface area contributed by atoms with Gasteiger partial charge < -0.3 is 4.74 Å². The first-order chi connectivity index (χ1) is 10.6. The molecule has 0 radical (unpaired) electrons. The highest BCUT2D eigenvalue weighted by Crippen LogP contribution is 2.24. The van der Waals surface area contributed by atoms with Gasteiger partial charge in [0.15, 0.2) is 0 Å². The average molecular weight is 326 g/mol. The molecule has 1 heterocycles. The first kappa shape index (κ1) is 17.4. The molecule has 0 aliphatic carbocycles. The van der Waals surface area contributed by atoms with Crippen LogP contribution in [0.25, 0.3) is 0 Å². The summed E-state index contributed by atoms with van der Waals surface area (Å²) >= 11 is 0. The Kier molecular flexibility index (Phi) is 6.82. The van der Waals surface area contributed by atoms with Gasteiger partial charge in [0.1, 0.15) is 0 Å². The largest absolute Gasteiger partial charge is 0.384 e. The Bertz CT molecular complexity index is 528. The molecule has 0 spiro atoms. The van der Waals surface area contributed by atoms with E-state index in [0.717, 1.165) is 13.1 Å². The Hall–Kier alpha value is -0.950. The fraction of sp³-hybridized carbons (Fsp3) is 0.625. The van der Waals surface area contributed by atoms with E-state index in [4.69, 9.17) is 4.74 Å². The number of nitrogens with zero attached hydrogens (tertiary/aromatic N) is 1. The van der Waals surface area contributed by atoms with Crippen LogP contribution in [-0.2, 0) is 14.8 Å². The fourth-order valence-corrected chi connectivity index (χ4v) is 3.78. The minimum absolute atomic E-state index is 0.00497. The third kappa shape index (κ3) is 5.35. The molecule has 1 atom stereocenters.